The molecule has 3 nitrogen and oxygen atoms in total. The molecule has 0 aliphatic carbocycles. The van der Waals surface area contributed by atoms with Gasteiger partial charge in [-0.25, -0.2) is 0 Å². The number of amides is 1. The first-order valence-corrected chi connectivity index (χ1v) is 7.30. The highest BCUT2D eigenvalue weighted by Crippen LogP contribution is 2.19. The van der Waals surface area contributed by atoms with Gasteiger partial charge in [-0.2, -0.15) is 0 Å². The van der Waals surface area contributed by atoms with E-state index in [4.69, 9.17) is 0 Å². The van der Waals surface area contributed by atoms with Crippen molar-refractivity contribution in [2.75, 3.05) is 12.4 Å². The van der Waals surface area contributed by atoms with Crippen LogP contribution in [0.25, 0.3) is 0 Å². The molecule has 0 fully saturated rings. The van der Waals surface area contributed by atoms with Gasteiger partial charge in [-0.15, -0.1) is 0 Å². The van der Waals surface area contributed by atoms with E-state index < -0.39 is 0 Å². The lowest BCUT2D eigenvalue weighted by Crippen LogP contribution is -2.28. The Balaban J connectivity index is 2.15. The highest BCUT2D eigenvalue weighted by atomic mass is 16.1. The monoisotopic (exact) mass is 282 g/mol. The van der Waals surface area contributed by atoms with Gasteiger partial charge in [0, 0.05) is 18.3 Å². The summed E-state index contributed by atoms with van der Waals surface area (Å²) in [5, 5.41) is 6.21. The van der Waals surface area contributed by atoms with Gasteiger partial charge in [0.15, 0.2) is 0 Å². The zero-order valence-electron chi connectivity index (χ0n) is 12.8. The lowest BCUT2D eigenvalue weighted by Gasteiger charge is -2.18. The summed E-state index contributed by atoms with van der Waals surface area (Å²) in [6, 6.07) is 15.8. The summed E-state index contributed by atoms with van der Waals surface area (Å²) in [5.74, 6) is -0.0311. The SMILES string of the molecule is CCC(NC(=O)c1ccc(NC)c(C)c1)c1ccccc1. The Morgan fingerprint density at radius 1 is 1.14 bits per heavy atom. The van der Waals surface area contributed by atoms with Gasteiger partial charge < -0.3 is 10.6 Å². The van der Waals surface area contributed by atoms with E-state index >= 15 is 0 Å². The van der Waals surface area contributed by atoms with E-state index in [1.807, 2.05) is 62.5 Å². The molecule has 1 atom stereocenters. The number of carbonyl (C=O) groups excluding carboxylic acids is 1. The van der Waals surface area contributed by atoms with Gasteiger partial charge in [0.1, 0.15) is 0 Å². The maximum Gasteiger partial charge on any atom is 0.251 e. The molecule has 0 heterocycles. The standard InChI is InChI=1S/C18H22N2O/c1-4-16(14-8-6-5-7-9-14)20-18(21)15-10-11-17(19-3)13(2)12-15/h5-12,16,19H,4H2,1-3H3,(H,20,21). The van der Waals surface area contributed by atoms with Crippen molar-refractivity contribution < 1.29 is 4.79 Å². The lowest BCUT2D eigenvalue weighted by molar-refractivity contribution is 0.0935. The van der Waals surface area contributed by atoms with E-state index in [2.05, 4.69) is 17.6 Å². The second-order valence-corrected chi connectivity index (χ2v) is 5.12. The van der Waals surface area contributed by atoms with Crippen molar-refractivity contribution in [2.24, 2.45) is 0 Å². The number of hydrogen-bond acceptors (Lipinski definition) is 2. The summed E-state index contributed by atoms with van der Waals surface area (Å²) in [4.78, 5) is 12.4. The first-order chi connectivity index (χ1) is 10.2. The van der Waals surface area contributed by atoms with Crippen LogP contribution in [0.5, 0.6) is 0 Å². The second-order valence-electron chi connectivity index (χ2n) is 5.12. The molecule has 0 saturated heterocycles. The van der Waals surface area contributed by atoms with E-state index in [0.717, 1.165) is 23.2 Å². The topological polar surface area (TPSA) is 41.1 Å². The Labute approximate surface area is 126 Å². The summed E-state index contributed by atoms with van der Waals surface area (Å²) in [5.41, 5.74) is 3.94. The molecule has 0 aliphatic heterocycles. The predicted molar refractivity (Wildman–Crippen MR) is 87.7 cm³/mol. The number of carbonyl (C=O) groups is 1. The Hall–Kier alpha value is -2.29. The van der Waals surface area contributed by atoms with Crippen LogP contribution in [0.4, 0.5) is 5.69 Å². The molecule has 110 valence electrons. The van der Waals surface area contributed by atoms with Gasteiger partial charge >= 0.3 is 0 Å². The van der Waals surface area contributed by atoms with Crippen LogP contribution >= 0.6 is 0 Å². The molecule has 0 aromatic heterocycles. The van der Waals surface area contributed by atoms with Gasteiger partial charge in [0.25, 0.3) is 5.91 Å². The van der Waals surface area contributed by atoms with Crippen LogP contribution in [0.1, 0.15) is 40.9 Å². The van der Waals surface area contributed by atoms with Crippen LogP contribution in [0.2, 0.25) is 0 Å². The molecule has 2 N–H and O–H groups in total. The van der Waals surface area contributed by atoms with Gasteiger partial charge in [0.05, 0.1) is 6.04 Å². The molecule has 3 heteroatoms. The van der Waals surface area contributed by atoms with Gasteiger partial charge in [-0.1, -0.05) is 37.3 Å². The molecule has 0 aliphatic rings. The number of rotatable bonds is 5. The van der Waals surface area contributed by atoms with Crippen LogP contribution in [-0.4, -0.2) is 13.0 Å². The smallest absolute Gasteiger partial charge is 0.251 e. The third-order valence-corrected chi connectivity index (χ3v) is 3.67. The van der Waals surface area contributed by atoms with Gasteiger partial charge in [-0.05, 0) is 42.7 Å². The third-order valence-electron chi connectivity index (χ3n) is 3.67. The number of benzene rings is 2. The molecule has 2 aromatic carbocycles. The molecule has 0 radical (unpaired) electrons. The third kappa shape index (κ3) is 3.63. The van der Waals surface area contributed by atoms with Crippen LogP contribution in [0.15, 0.2) is 48.5 Å². The maximum absolute atomic E-state index is 12.4. The molecule has 0 bridgehead atoms. The van der Waals surface area contributed by atoms with Crippen LogP contribution in [0, 0.1) is 6.92 Å². The fraction of sp³-hybridized carbons (Fsp3) is 0.278. The van der Waals surface area contributed by atoms with Gasteiger partial charge in [-0.3, -0.25) is 4.79 Å². The molecule has 2 rings (SSSR count). The number of aryl methyl sites for hydroxylation is 1. The second kappa shape index (κ2) is 6.93. The fourth-order valence-corrected chi connectivity index (χ4v) is 2.43. The normalized spacial score (nSPS) is 11.8. The Bertz CT molecular complexity index is 608. The zero-order valence-corrected chi connectivity index (χ0v) is 12.8. The summed E-state index contributed by atoms with van der Waals surface area (Å²) in [6.45, 7) is 4.07. The zero-order chi connectivity index (χ0) is 15.2. The minimum Gasteiger partial charge on any atom is -0.388 e. The van der Waals surface area contributed by atoms with E-state index in [-0.39, 0.29) is 11.9 Å². The first kappa shape index (κ1) is 15.1. The quantitative estimate of drug-likeness (QED) is 0.872. The minimum absolute atomic E-state index is 0.0311. The highest BCUT2D eigenvalue weighted by Gasteiger charge is 2.14. The van der Waals surface area contributed by atoms with E-state index in [9.17, 15) is 4.79 Å². The Morgan fingerprint density at radius 3 is 2.43 bits per heavy atom. The highest BCUT2D eigenvalue weighted by molar-refractivity contribution is 5.95. The molecule has 0 spiro atoms. The molecule has 21 heavy (non-hydrogen) atoms. The molecule has 2 aromatic rings. The average Bonchev–Trinajstić information content (AvgIpc) is 2.53. The van der Waals surface area contributed by atoms with E-state index in [1.54, 1.807) is 0 Å². The van der Waals surface area contributed by atoms with Crippen molar-refractivity contribution in [3.63, 3.8) is 0 Å². The molecular weight excluding hydrogens is 260 g/mol. The fourth-order valence-electron chi connectivity index (χ4n) is 2.43. The number of nitrogens with one attached hydrogen (secondary N) is 2. The minimum atomic E-state index is -0.0311. The van der Waals surface area contributed by atoms with Crippen molar-refractivity contribution in [3.05, 3.63) is 65.2 Å². The van der Waals surface area contributed by atoms with Crippen LogP contribution in [0.3, 0.4) is 0 Å². The van der Waals surface area contributed by atoms with Crippen molar-refractivity contribution in [1.82, 2.24) is 5.32 Å². The summed E-state index contributed by atoms with van der Waals surface area (Å²) in [6.07, 6.45) is 0.864. The average molecular weight is 282 g/mol. The Morgan fingerprint density at radius 2 is 1.86 bits per heavy atom. The number of anilines is 1. The van der Waals surface area contributed by atoms with Crippen LogP contribution in [-0.2, 0) is 0 Å². The van der Waals surface area contributed by atoms with Crippen molar-refractivity contribution in [3.8, 4) is 0 Å². The van der Waals surface area contributed by atoms with Crippen molar-refractivity contribution >= 4 is 11.6 Å². The predicted octanol–water partition coefficient (Wildman–Crippen LogP) is 3.92. The lowest BCUT2D eigenvalue weighted by atomic mass is 10.0. The van der Waals surface area contributed by atoms with Crippen LogP contribution < -0.4 is 10.6 Å². The molecule has 1 unspecified atom stereocenters. The van der Waals surface area contributed by atoms with Gasteiger partial charge in [0.2, 0.25) is 0 Å². The van der Waals surface area contributed by atoms with Crippen molar-refractivity contribution in [1.29, 1.82) is 0 Å². The summed E-state index contributed by atoms with van der Waals surface area (Å²) >= 11 is 0. The van der Waals surface area contributed by atoms with Crippen molar-refractivity contribution in [2.45, 2.75) is 26.3 Å². The maximum atomic E-state index is 12.4. The Kier molecular flexibility index (Phi) is 4.99. The largest absolute Gasteiger partial charge is 0.388 e. The molecular formula is C18H22N2O. The first-order valence-electron chi connectivity index (χ1n) is 7.30. The summed E-state index contributed by atoms with van der Waals surface area (Å²) < 4.78 is 0. The summed E-state index contributed by atoms with van der Waals surface area (Å²) in [7, 11) is 1.88. The molecule has 1 amide bonds. The van der Waals surface area contributed by atoms with E-state index in [1.165, 1.54) is 0 Å². The number of hydrogen-bond donors (Lipinski definition) is 2. The van der Waals surface area contributed by atoms with E-state index in [0.29, 0.717) is 5.56 Å². The molecule has 0 saturated carbocycles.